The molecule has 0 unspecified atom stereocenters. The first-order chi connectivity index (χ1) is 26.3. The van der Waals surface area contributed by atoms with E-state index >= 15 is 0 Å². The van der Waals surface area contributed by atoms with Crippen LogP contribution in [0.5, 0.6) is 0 Å². The smallest absolute Gasteiger partial charge is 0.143 e. The average molecular weight is 669 g/mol. The summed E-state index contributed by atoms with van der Waals surface area (Å²) in [5.41, 5.74) is 6.57. The van der Waals surface area contributed by atoms with Crippen molar-refractivity contribution >= 4 is 108 Å². The van der Waals surface area contributed by atoms with Gasteiger partial charge >= 0.3 is 0 Å². The molecular formula is C52H28O. The van der Waals surface area contributed by atoms with Crippen molar-refractivity contribution in [2.24, 2.45) is 0 Å². The van der Waals surface area contributed by atoms with E-state index in [0.717, 1.165) is 27.5 Å². The van der Waals surface area contributed by atoms with Gasteiger partial charge < -0.3 is 4.42 Å². The summed E-state index contributed by atoms with van der Waals surface area (Å²) in [5, 5.41) is 22.8. The average Bonchev–Trinajstić information content (AvgIpc) is 3.59. The van der Waals surface area contributed by atoms with E-state index in [4.69, 9.17) is 4.42 Å². The number of furan rings is 1. The van der Waals surface area contributed by atoms with Gasteiger partial charge in [0.05, 0.1) is 0 Å². The number of fused-ring (bicyclic) bond motifs is 7. The topological polar surface area (TPSA) is 13.1 Å². The van der Waals surface area contributed by atoms with Crippen molar-refractivity contribution in [1.82, 2.24) is 0 Å². The van der Waals surface area contributed by atoms with Gasteiger partial charge in [0.15, 0.2) is 0 Å². The Hall–Kier alpha value is -6.96. The summed E-state index contributed by atoms with van der Waals surface area (Å²) in [6.45, 7) is 0. The van der Waals surface area contributed by atoms with Crippen molar-refractivity contribution < 1.29 is 4.42 Å². The summed E-state index contributed by atoms with van der Waals surface area (Å²) in [4.78, 5) is 0. The van der Waals surface area contributed by atoms with E-state index in [-0.39, 0.29) is 0 Å². The van der Waals surface area contributed by atoms with Crippen LogP contribution in [0.1, 0.15) is 0 Å². The Morgan fingerprint density at radius 3 is 1.51 bits per heavy atom. The molecule has 0 aliphatic carbocycles. The van der Waals surface area contributed by atoms with Gasteiger partial charge in [0.1, 0.15) is 11.2 Å². The Balaban J connectivity index is 1.18. The molecule has 0 saturated heterocycles. The minimum atomic E-state index is 0.911. The third-order valence-electron chi connectivity index (χ3n) is 12.1. The molecule has 13 aromatic rings. The third-order valence-corrected chi connectivity index (χ3v) is 12.1. The number of benzene rings is 12. The maximum absolute atomic E-state index is 7.08. The summed E-state index contributed by atoms with van der Waals surface area (Å²) >= 11 is 0. The van der Waals surface area contributed by atoms with Gasteiger partial charge in [-0.3, -0.25) is 0 Å². The molecule has 1 heteroatoms. The molecule has 0 aliphatic rings. The predicted molar refractivity (Wildman–Crippen MR) is 227 cm³/mol. The van der Waals surface area contributed by atoms with Crippen molar-refractivity contribution in [3.05, 3.63) is 170 Å². The maximum Gasteiger partial charge on any atom is 0.143 e. The highest BCUT2D eigenvalue weighted by Gasteiger charge is 2.23. The molecule has 53 heavy (non-hydrogen) atoms. The molecule has 1 nitrogen and oxygen atoms in total. The van der Waals surface area contributed by atoms with Crippen molar-refractivity contribution in [1.29, 1.82) is 0 Å². The van der Waals surface area contributed by atoms with Gasteiger partial charge in [0.25, 0.3) is 0 Å². The van der Waals surface area contributed by atoms with Crippen molar-refractivity contribution in [2.75, 3.05) is 0 Å². The minimum absolute atomic E-state index is 0.911. The first-order valence-corrected chi connectivity index (χ1v) is 18.4. The second-order valence-electron chi connectivity index (χ2n) is 14.7. The molecule has 0 atom stereocenters. The molecule has 0 saturated carbocycles. The van der Waals surface area contributed by atoms with Gasteiger partial charge in [-0.1, -0.05) is 152 Å². The first kappa shape index (κ1) is 27.7. The van der Waals surface area contributed by atoms with Crippen LogP contribution in [0.3, 0.4) is 0 Å². The van der Waals surface area contributed by atoms with Crippen LogP contribution >= 0.6 is 0 Å². The van der Waals surface area contributed by atoms with Crippen LogP contribution in [0, 0.1) is 0 Å². The quantitative estimate of drug-likeness (QED) is 0.132. The molecule has 0 N–H and O–H groups in total. The molecule has 1 aromatic heterocycles. The Labute approximate surface area is 303 Å². The van der Waals surface area contributed by atoms with E-state index in [1.807, 2.05) is 0 Å². The van der Waals surface area contributed by atoms with Crippen LogP contribution in [0.25, 0.3) is 130 Å². The standard InChI is InChI=1S/C52H28O/c1-2-8-34-28-46-45(27-33(34)7-1)51-43(37-23-24-42-36-13-4-3-12-35(36)39-14-6-11-31-19-22-41(37)50(42)49(31)39)25-26-44(52(51)53-46)38-20-17-32-16-15-29-9-5-10-30-18-21-40(38)48(32)47(29)30/h1-28H. The maximum atomic E-state index is 7.08. The zero-order valence-electron chi connectivity index (χ0n) is 28.6. The van der Waals surface area contributed by atoms with E-state index in [2.05, 4.69) is 170 Å². The van der Waals surface area contributed by atoms with E-state index < -0.39 is 0 Å². The van der Waals surface area contributed by atoms with Gasteiger partial charge in [0, 0.05) is 16.3 Å². The lowest BCUT2D eigenvalue weighted by molar-refractivity contribution is 0.670. The fraction of sp³-hybridized carbons (Fsp3) is 0. The van der Waals surface area contributed by atoms with Crippen molar-refractivity contribution in [3.63, 3.8) is 0 Å². The number of rotatable bonds is 2. The van der Waals surface area contributed by atoms with E-state index in [0.29, 0.717) is 0 Å². The molecule has 0 radical (unpaired) electrons. The van der Waals surface area contributed by atoms with Gasteiger partial charge in [-0.15, -0.1) is 0 Å². The second-order valence-corrected chi connectivity index (χ2v) is 14.7. The van der Waals surface area contributed by atoms with Gasteiger partial charge in [-0.05, 0) is 121 Å². The van der Waals surface area contributed by atoms with Crippen LogP contribution in [-0.4, -0.2) is 0 Å². The Morgan fingerprint density at radius 1 is 0.245 bits per heavy atom. The molecule has 242 valence electrons. The lowest BCUT2D eigenvalue weighted by atomic mass is 9.85. The molecule has 0 aliphatic heterocycles. The fourth-order valence-electron chi connectivity index (χ4n) is 9.83. The highest BCUT2D eigenvalue weighted by Crippen LogP contribution is 2.49. The van der Waals surface area contributed by atoms with Crippen molar-refractivity contribution in [3.8, 4) is 22.3 Å². The molecule has 0 fully saturated rings. The van der Waals surface area contributed by atoms with Crippen LogP contribution in [0.15, 0.2) is 174 Å². The zero-order valence-corrected chi connectivity index (χ0v) is 28.6. The Morgan fingerprint density at radius 2 is 0.717 bits per heavy atom. The van der Waals surface area contributed by atoms with E-state index in [1.54, 1.807) is 0 Å². The molecule has 12 aromatic carbocycles. The summed E-state index contributed by atoms with van der Waals surface area (Å²) in [7, 11) is 0. The van der Waals surface area contributed by atoms with Crippen molar-refractivity contribution in [2.45, 2.75) is 0 Å². The molecule has 0 amide bonds. The number of hydrogen-bond acceptors (Lipinski definition) is 1. The highest BCUT2D eigenvalue weighted by molar-refractivity contribution is 6.36. The van der Waals surface area contributed by atoms with E-state index in [1.165, 1.54) is 103 Å². The molecule has 13 rings (SSSR count). The Bertz CT molecular complexity index is 3660. The van der Waals surface area contributed by atoms with Gasteiger partial charge in [-0.2, -0.15) is 0 Å². The summed E-state index contributed by atoms with van der Waals surface area (Å²) in [5.74, 6) is 0. The lowest BCUT2D eigenvalue weighted by Crippen LogP contribution is -1.91. The molecule has 0 spiro atoms. The molecule has 0 bridgehead atoms. The molecule has 1 heterocycles. The predicted octanol–water partition coefficient (Wildman–Crippen LogP) is 15.0. The second kappa shape index (κ2) is 9.88. The van der Waals surface area contributed by atoms with Crippen LogP contribution in [0.2, 0.25) is 0 Å². The summed E-state index contributed by atoms with van der Waals surface area (Å²) in [6.07, 6.45) is 0. The fourth-order valence-corrected chi connectivity index (χ4v) is 9.83. The third kappa shape index (κ3) is 3.56. The minimum Gasteiger partial charge on any atom is -0.455 e. The first-order valence-electron chi connectivity index (χ1n) is 18.4. The van der Waals surface area contributed by atoms with Gasteiger partial charge in [-0.25, -0.2) is 0 Å². The highest BCUT2D eigenvalue weighted by atomic mass is 16.3. The molecular weight excluding hydrogens is 641 g/mol. The monoisotopic (exact) mass is 668 g/mol. The zero-order chi connectivity index (χ0) is 34.4. The summed E-state index contributed by atoms with van der Waals surface area (Å²) < 4.78 is 7.08. The largest absolute Gasteiger partial charge is 0.455 e. The Kier molecular flexibility index (Phi) is 5.17. The lowest BCUT2D eigenvalue weighted by Gasteiger charge is -2.18. The van der Waals surface area contributed by atoms with Crippen LogP contribution < -0.4 is 0 Å². The van der Waals surface area contributed by atoms with E-state index in [9.17, 15) is 0 Å². The van der Waals surface area contributed by atoms with Gasteiger partial charge in [0.2, 0.25) is 0 Å². The normalized spacial score (nSPS) is 12.5. The SMILES string of the molecule is c1ccc2cc3c(cc2c1)oc1c(-c2ccc4ccc5cccc6ccc2c4c56)ccc(-c2ccc4c5ccccc5c5cccc6ccc2c4c65)c13. The van der Waals surface area contributed by atoms with Crippen LogP contribution in [-0.2, 0) is 0 Å². The summed E-state index contributed by atoms with van der Waals surface area (Å²) in [6, 6.07) is 63.0. The number of hydrogen-bond donors (Lipinski definition) is 0. The van der Waals surface area contributed by atoms with Crippen LogP contribution in [0.4, 0.5) is 0 Å².